The lowest BCUT2D eigenvalue weighted by Crippen LogP contribution is -2.34. The van der Waals surface area contributed by atoms with E-state index in [1.807, 2.05) is 12.3 Å². The quantitative estimate of drug-likeness (QED) is 0.929. The van der Waals surface area contributed by atoms with Gasteiger partial charge in [0, 0.05) is 38.8 Å². The normalized spacial score (nSPS) is 28.9. The monoisotopic (exact) mass is 311 g/mol. The van der Waals surface area contributed by atoms with Crippen LogP contribution in [0.3, 0.4) is 0 Å². The van der Waals surface area contributed by atoms with E-state index in [0.717, 1.165) is 49.3 Å². The Balaban J connectivity index is 1.24. The molecule has 0 aromatic carbocycles. The molecule has 2 saturated carbocycles. The van der Waals surface area contributed by atoms with Gasteiger partial charge in [-0.1, -0.05) is 0 Å². The van der Waals surface area contributed by atoms with E-state index in [2.05, 4.69) is 31.8 Å². The molecule has 1 saturated heterocycles. The third-order valence-electron chi connectivity index (χ3n) is 5.79. The van der Waals surface area contributed by atoms with Crippen molar-refractivity contribution in [2.45, 2.75) is 12.8 Å². The average Bonchev–Trinajstić information content (AvgIpc) is 3.39. The fraction of sp³-hybridized carbons (Fsp3) is 0.588. The summed E-state index contributed by atoms with van der Waals surface area (Å²) < 4.78 is 0. The van der Waals surface area contributed by atoms with Gasteiger partial charge in [-0.2, -0.15) is 0 Å². The van der Waals surface area contributed by atoms with Gasteiger partial charge in [0.05, 0.1) is 5.39 Å². The first kappa shape index (κ1) is 13.3. The zero-order chi connectivity index (χ0) is 15.6. The number of carbonyl (C=O) groups excluding carboxylic acids is 1. The van der Waals surface area contributed by atoms with Gasteiger partial charge in [0.15, 0.2) is 0 Å². The number of fused-ring (bicyclic) bond motifs is 2. The summed E-state index contributed by atoms with van der Waals surface area (Å²) in [6.45, 7) is 2.96. The van der Waals surface area contributed by atoms with Gasteiger partial charge in [-0.3, -0.25) is 4.79 Å². The summed E-state index contributed by atoms with van der Waals surface area (Å²) in [6, 6.07) is 2.03. The predicted octanol–water partition coefficient (Wildman–Crippen LogP) is 1.51. The molecule has 0 unspecified atom stereocenters. The highest BCUT2D eigenvalue weighted by Gasteiger charge is 2.57. The minimum atomic E-state index is 0.358. The van der Waals surface area contributed by atoms with Crippen LogP contribution in [0.15, 0.2) is 18.6 Å². The number of aromatic amines is 1. The highest BCUT2D eigenvalue weighted by atomic mass is 16.2. The number of nitrogens with one attached hydrogen (secondary N) is 1. The molecule has 2 aromatic heterocycles. The van der Waals surface area contributed by atoms with Crippen molar-refractivity contribution in [3.05, 3.63) is 18.6 Å². The van der Waals surface area contributed by atoms with Crippen LogP contribution in [0.1, 0.15) is 12.8 Å². The molecule has 1 N–H and O–H groups in total. The van der Waals surface area contributed by atoms with Crippen LogP contribution in [0.5, 0.6) is 0 Å². The number of anilines is 1. The molecule has 1 amide bonds. The Morgan fingerprint density at radius 1 is 1.35 bits per heavy atom. The number of carbonyl (C=O) groups is 1. The molecule has 2 aromatic rings. The standard InChI is InChI=1S/C17H21N5O/c1-21(16-11-4-5-18-15(11)19-9-20-16)6-12-13-7-22(8-14(12)13)17(23)10-2-3-10/h4-5,9-10,12-14H,2-3,6-8H2,1H3,(H,18,19,20)/t12-,13-,14+. The van der Waals surface area contributed by atoms with Crippen LogP contribution in [-0.2, 0) is 4.79 Å². The van der Waals surface area contributed by atoms with Crippen LogP contribution < -0.4 is 4.90 Å². The number of piperidine rings is 1. The van der Waals surface area contributed by atoms with E-state index in [0.29, 0.717) is 29.6 Å². The number of hydrogen-bond donors (Lipinski definition) is 1. The lowest BCUT2D eigenvalue weighted by atomic mass is 10.2. The number of aromatic nitrogens is 3. The molecular weight excluding hydrogens is 290 g/mol. The second kappa shape index (κ2) is 4.69. The van der Waals surface area contributed by atoms with E-state index in [-0.39, 0.29) is 0 Å². The Morgan fingerprint density at radius 3 is 2.87 bits per heavy atom. The van der Waals surface area contributed by atoms with E-state index in [9.17, 15) is 4.79 Å². The van der Waals surface area contributed by atoms with Crippen LogP contribution in [0, 0.1) is 23.7 Å². The van der Waals surface area contributed by atoms with Gasteiger partial charge < -0.3 is 14.8 Å². The van der Waals surface area contributed by atoms with Crippen molar-refractivity contribution >= 4 is 22.8 Å². The van der Waals surface area contributed by atoms with Gasteiger partial charge in [0.1, 0.15) is 17.8 Å². The maximum absolute atomic E-state index is 12.1. The Bertz CT molecular complexity index is 755. The molecule has 3 aliphatic rings. The first-order valence-electron chi connectivity index (χ1n) is 8.50. The minimum absolute atomic E-state index is 0.358. The Hall–Kier alpha value is -2.11. The summed E-state index contributed by atoms with van der Waals surface area (Å²) in [5, 5.41) is 1.08. The van der Waals surface area contributed by atoms with Crippen molar-refractivity contribution < 1.29 is 4.79 Å². The number of amides is 1. The van der Waals surface area contributed by atoms with Gasteiger partial charge >= 0.3 is 0 Å². The van der Waals surface area contributed by atoms with Gasteiger partial charge in [0.25, 0.3) is 0 Å². The molecular formula is C17H21N5O. The largest absolute Gasteiger partial charge is 0.359 e. The molecule has 0 spiro atoms. The van der Waals surface area contributed by atoms with E-state index in [4.69, 9.17) is 0 Å². The lowest BCUT2D eigenvalue weighted by molar-refractivity contribution is -0.132. The molecule has 3 fully saturated rings. The molecule has 6 nitrogen and oxygen atoms in total. The predicted molar refractivity (Wildman–Crippen MR) is 86.9 cm³/mol. The summed E-state index contributed by atoms with van der Waals surface area (Å²) in [7, 11) is 2.11. The number of H-pyrrole nitrogens is 1. The molecule has 3 atom stereocenters. The SMILES string of the molecule is CN(C[C@H]1[C@@H]2CN(C(=O)C3CC3)C[C@@H]21)c1ncnc2[nH]ccc12. The van der Waals surface area contributed by atoms with Gasteiger partial charge in [-0.15, -0.1) is 0 Å². The highest BCUT2D eigenvalue weighted by molar-refractivity contribution is 5.87. The van der Waals surface area contributed by atoms with Crippen molar-refractivity contribution in [1.82, 2.24) is 19.9 Å². The summed E-state index contributed by atoms with van der Waals surface area (Å²) in [4.78, 5) is 28.3. The number of nitrogens with zero attached hydrogens (tertiary/aromatic N) is 4. The molecule has 0 bridgehead atoms. The number of rotatable bonds is 4. The summed E-state index contributed by atoms with van der Waals surface area (Å²) in [5.74, 6) is 3.86. The molecule has 23 heavy (non-hydrogen) atoms. The maximum Gasteiger partial charge on any atom is 0.225 e. The summed E-state index contributed by atoms with van der Waals surface area (Å²) in [5.41, 5.74) is 0.888. The van der Waals surface area contributed by atoms with Crippen molar-refractivity contribution in [3.63, 3.8) is 0 Å². The van der Waals surface area contributed by atoms with Crippen molar-refractivity contribution in [2.24, 2.45) is 23.7 Å². The van der Waals surface area contributed by atoms with Crippen molar-refractivity contribution in [2.75, 3.05) is 31.6 Å². The molecule has 2 aliphatic carbocycles. The fourth-order valence-corrected chi connectivity index (χ4v) is 4.25. The average molecular weight is 311 g/mol. The van der Waals surface area contributed by atoms with E-state index < -0.39 is 0 Å². The maximum atomic E-state index is 12.1. The topological polar surface area (TPSA) is 65.1 Å². The van der Waals surface area contributed by atoms with E-state index >= 15 is 0 Å². The van der Waals surface area contributed by atoms with Crippen LogP contribution >= 0.6 is 0 Å². The first-order chi connectivity index (χ1) is 11.2. The van der Waals surface area contributed by atoms with Crippen molar-refractivity contribution in [3.8, 4) is 0 Å². The van der Waals surface area contributed by atoms with Crippen LogP contribution in [0.25, 0.3) is 11.0 Å². The molecule has 5 rings (SSSR count). The smallest absolute Gasteiger partial charge is 0.225 e. The highest BCUT2D eigenvalue weighted by Crippen LogP contribution is 2.53. The number of hydrogen-bond acceptors (Lipinski definition) is 4. The Morgan fingerprint density at radius 2 is 2.13 bits per heavy atom. The van der Waals surface area contributed by atoms with Gasteiger partial charge in [-0.25, -0.2) is 9.97 Å². The van der Waals surface area contributed by atoms with Crippen molar-refractivity contribution in [1.29, 1.82) is 0 Å². The zero-order valence-corrected chi connectivity index (χ0v) is 13.3. The minimum Gasteiger partial charge on any atom is -0.359 e. The van der Waals surface area contributed by atoms with Crippen LogP contribution in [-0.4, -0.2) is 52.4 Å². The van der Waals surface area contributed by atoms with Crippen LogP contribution in [0.4, 0.5) is 5.82 Å². The fourth-order valence-electron chi connectivity index (χ4n) is 4.25. The van der Waals surface area contributed by atoms with Gasteiger partial charge in [0.2, 0.25) is 5.91 Å². The molecule has 6 heteroatoms. The molecule has 3 heterocycles. The molecule has 1 aliphatic heterocycles. The van der Waals surface area contributed by atoms with E-state index in [1.54, 1.807) is 6.33 Å². The second-order valence-corrected chi connectivity index (χ2v) is 7.33. The van der Waals surface area contributed by atoms with E-state index in [1.165, 1.54) is 0 Å². The summed E-state index contributed by atoms with van der Waals surface area (Å²) in [6.07, 6.45) is 5.74. The third-order valence-corrected chi connectivity index (χ3v) is 5.79. The summed E-state index contributed by atoms with van der Waals surface area (Å²) >= 11 is 0. The van der Waals surface area contributed by atoms with Gasteiger partial charge in [-0.05, 0) is 36.7 Å². The Labute approximate surface area is 134 Å². The first-order valence-corrected chi connectivity index (χ1v) is 8.50. The molecule has 0 radical (unpaired) electrons. The lowest BCUT2D eigenvalue weighted by Gasteiger charge is -2.23. The van der Waals surface area contributed by atoms with Crippen LogP contribution in [0.2, 0.25) is 0 Å². The molecule has 120 valence electrons. The second-order valence-electron chi connectivity index (χ2n) is 7.33. The number of likely N-dealkylation sites (tertiary alicyclic amines) is 1. The zero-order valence-electron chi connectivity index (χ0n) is 13.3. The third kappa shape index (κ3) is 2.11. The Kier molecular flexibility index (Phi) is 2.72.